The van der Waals surface area contributed by atoms with Crippen molar-refractivity contribution in [2.45, 2.75) is 13.3 Å². The first-order valence-corrected chi connectivity index (χ1v) is 10.9. The fourth-order valence-corrected chi connectivity index (χ4v) is 3.79. The van der Waals surface area contributed by atoms with Crippen molar-refractivity contribution in [3.63, 3.8) is 0 Å². The first-order chi connectivity index (χ1) is 16.0. The number of benzene rings is 2. The maximum Gasteiger partial charge on any atom is 0.323 e. The first kappa shape index (κ1) is 22.3. The van der Waals surface area contributed by atoms with E-state index in [9.17, 15) is 14.0 Å². The lowest BCUT2D eigenvalue weighted by Crippen LogP contribution is -2.35. The van der Waals surface area contributed by atoms with Crippen LogP contribution in [0.1, 0.15) is 22.3 Å². The highest BCUT2D eigenvalue weighted by Crippen LogP contribution is 2.18. The Labute approximate surface area is 192 Å². The van der Waals surface area contributed by atoms with Crippen molar-refractivity contribution in [3.05, 3.63) is 83.8 Å². The zero-order chi connectivity index (χ0) is 23.2. The molecule has 2 aromatic carbocycles. The first-order valence-electron chi connectivity index (χ1n) is 10.9. The number of carbonyl (C=O) groups is 2. The number of anilines is 3. The molecule has 0 spiro atoms. The van der Waals surface area contributed by atoms with Gasteiger partial charge in [-0.25, -0.2) is 14.2 Å². The Balaban J connectivity index is 1.32. The normalized spacial score (nSPS) is 13.9. The molecule has 3 aromatic rings. The topological polar surface area (TPSA) is 77.6 Å². The molecule has 1 aliphatic heterocycles. The number of nitrogens with zero attached hydrogens (tertiary/aromatic N) is 3. The summed E-state index contributed by atoms with van der Waals surface area (Å²) in [5, 5.41) is 5.59. The van der Waals surface area contributed by atoms with E-state index in [4.69, 9.17) is 0 Å². The van der Waals surface area contributed by atoms with Gasteiger partial charge in [-0.3, -0.25) is 4.79 Å². The third kappa shape index (κ3) is 5.85. The average molecular weight is 448 g/mol. The minimum atomic E-state index is -0.356. The summed E-state index contributed by atoms with van der Waals surface area (Å²) in [6.07, 6.45) is 2.42. The summed E-state index contributed by atoms with van der Waals surface area (Å²) < 4.78 is 13.1. The summed E-state index contributed by atoms with van der Waals surface area (Å²) in [6.45, 7) is 4.55. The van der Waals surface area contributed by atoms with Gasteiger partial charge in [-0.05, 0) is 67.4 Å². The molecular formula is C25H26FN5O2. The number of carbonyl (C=O) groups excluding carboxylic acids is 2. The summed E-state index contributed by atoms with van der Waals surface area (Å²) in [7, 11) is 0. The number of rotatable bonds is 4. The number of aromatic nitrogens is 1. The Hall–Kier alpha value is -3.94. The van der Waals surface area contributed by atoms with Crippen LogP contribution in [-0.4, -0.2) is 48.0 Å². The summed E-state index contributed by atoms with van der Waals surface area (Å²) in [4.78, 5) is 33.4. The van der Waals surface area contributed by atoms with Gasteiger partial charge in [-0.15, -0.1) is 0 Å². The lowest BCUT2D eigenvalue weighted by Gasteiger charge is -2.23. The van der Waals surface area contributed by atoms with E-state index in [2.05, 4.69) is 20.5 Å². The number of aryl methyl sites for hydroxylation is 1. The van der Waals surface area contributed by atoms with Gasteiger partial charge in [0.05, 0.1) is 11.9 Å². The molecule has 8 heteroatoms. The van der Waals surface area contributed by atoms with Gasteiger partial charge < -0.3 is 20.4 Å². The molecular weight excluding hydrogens is 421 g/mol. The Morgan fingerprint density at radius 1 is 0.909 bits per heavy atom. The van der Waals surface area contributed by atoms with Gasteiger partial charge in [0.25, 0.3) is 5.91 Å². The van der Waals surface area contributed by atoms with Gasteiger partial charge in [0.1, 0.15) is 11.6 Å². The fraction of sp³-hybridized carbons (Fsp3) is 0.240. The van der Waals surface area contributed by atoms with Crippen LogP contribution in [0.15, 0.2) is 66.9 Å². The molecule has 0 aliphatic carbocycles. The molecule has 0 saturated carbocycles. The number of amides is 3. The minimum absolute atomic E-state index is 0.0935. The number of hydrogen-bond acceptors (Lipinski definition) is 4. The van der Waals surface area contributed by atoms with Crippen LogP contribution in [-0.2, 0) is 0 Å². The van der Waals surface area contributed by atoms with Crippen molar-refractivity contribution in [2.24, 2.45) is 0 Å². The maximum atomic E-state index is 13.1. The molecule has 1 fully saturated rings. The standard InChI is InChI=1S/C25H26FN5O2/c1-18-4-2-5-21(16-18)28-25(33)29-22-10-11-23(27-17-22)30-12-3-13-31(15-14-30)24(32)19-6-8-20(26)9-7-19/h2,4-11,16-17H,3,12-15H2,1H3,(H2,28,29,33). The maximum absolute atomic E-state index is 13.1. The van der Waals surface area contributed by atoms with E-state index in [-0.39, 0.29) is 17.8 Å². The predicted octanol–water partition coefficient (Wildman–Crippen LogP) is 4.53. The number of urea groups is 1. The van der Waals surface area contributed by atoms with Crippen molar-refractivity contribution in [3.8, 4) is 0 Å². The Morgan fingerprint density at radius 3 is 2.42 bits per heavy atom. The van der Waals surface area contributed by atoms with Gasteiger partial charge in [-0.2, -0.15) is 0 Å². The highest BCUT2D eigenvalue weighted by Gasteiger charge is 2.21. The molecule has 170 valence electrons. The zero-order valence-corrected chi connectivity index (χ0v) is 18.4. The van der Waals surface area contributed by atoms with Crippen LogP contribution >= 0.6 is 0 Å². The van der Waals surface area contributed by atoms with E-state index in [1.54, 1.807) is 11.1 Å². The van der Waals surface area contributed by atoms with Crippen LogP contribution in [0.5, 0.6) is 0 Å². The SMILES string of the molecule is Cc1cccc(NC(=O)Nc2ccc(N3CCCN(C(=O)c4ccc(F)cc4)CC3)nc2)c1. The lowest BCUT2D eigenvalue weighted by atomic mass is 10.2. The summed E-state index contributed by atoms with van der Waals surface area (Å²) in [5.41, 5.74) is 2.87. The molecule has 1 aliphatic rings. The molecule has 0 atom stereocenters. The molecule has 1 aromatic heterocycles. The molecule has 4 rings (SSSR count). The van der Waals surface area contributed by atoms with Crippen molar-refractivity contribution >= 4 is 29.1 Å². The second-order valence-electron chi connectivity index (χ2n) is 7.99. The molecule has 0 unspecified atom stereocenters. The van der Waals surface area contributed by atoms with E-state index >= 15 is 0 Å². The summed E-state index contributed by atoms with van der Waals surface area (Å²) in [6, 6.07) is 16.6. The van der Waals surface area contributed by atoms with Gasteiger partial charge in [0, 0.05) is 37.4 Å². The molecule has 2 heterocycles. The van der Waals surface area contributed by atoms with E-state index in [0.717, 1.165) is 30.0 Å². The Kier molecular flexibility index (Phi) is 6.83. The minimum Gasteiger partial charge on any atom is -0.355 e. The van der Waals surface area contributed by atoms with Crippen molar-refractivity contribution in [1.29, 1.82) is 0 Å². The molecule has 7 nitrogen and oxygen atoms in total. The van der Waals surface area contributed by atoms with Crippen molar-refractivity contribution in [1.82, 2.24) is 9.88 Å². The van der Waals surface area contributed by atoms with E-state index in [0.29, 0.717) is 30.9 Å². The fourth-order valence-electron chi connectivity index (χ4n) is 3.79. The van der Waals surface area contributed by atoms with Crippen molar-refractivity contribution in [2.75, 3.05) is 41.7 Å². The highest BCUT2D eigenvalue weighted by atomic mass is 19.1. The number of nitrogens with one attached hydrogen (secondary N) is 2. The van der Waals surface area contributed by atoms with E-state index < -0.39 is 0 Å². The van der Waals surface area contributed by atoms with E-state index in [1.165, 1.54) is 24.3 Å². The van der Waals surface area contributed by atoms with Gasteiger partial charge >= 0.3 is 6.03 Å². The number of hydrogen-bond donors (Lipinski definition) is 2. The molecule has 0 radical (unpaired) electrons. The summed E-state index contributed by atoms with van der Waals surface area (Å²) in [5.74, 6) is 0.338. The van der Waals surface area contributed by atoms with Crippen LogP contribution in [0.25, 0.3) is 0 Å². The number of halogens is 1. The molecule has 2 N–H and O–H groups in total. The Bertz CT molecular complexity index is 1120. The second-order valence-corrected chi connectivity index (χ2v) is 7.99. The summed E-state index contributed by atoms with van der Waals surface area (Å²) >= 11 is 0. The van der Waals surface area contributed by atoms with Crippen LogP contribution in [0.2, 0.25) is 0 Å². The monoisotopic (exact) mass is 447 g/mol. The highest BCUT2D eigenvalue weighted by molar-refractivity contribution is 5.99. The lowest BCUT2D eigenvalue weighted by molar-refractivity contribution is 0.0767. The molecule has 33 heavy (non-hydrogen) atoms. The quantitative estimate of drug-likeness (QED) is 0.616. The Morgan fingerprint density at radius 2 is 1.70 bits per heavy atom. The van der Waals surface area contributed by atoms with Crippen LogP contribution in [0.3, 0.4) is 0 Å². The van der Waals surface area contributed by atoms with Gasteiger partial charge in [0.2, 0.25) is 0 Å². The largest absolute Gasteiger partial charge is 0.355 e. The zero-order valence-electron chi connectivity index (χ0n) is 18.4. The van der Waals surface area contributed by atoms with Crippen LogP contribution in [0.4, 0.5) is 26.4 Å². The van der Waals surface area contributed by atoms with Gasteiger partial charge in [-0.1, -0.05) is 12.1 Å². The smallest absolute Gasteiger partial charge is 0.323 e. The third-order valence-electron chi connectivity index (χ3n) is 5.48. The second kappa shape index (κ2) is 10.1. The molecule has 0 bridgehead atoms. The predicted molar refractivity (Wildman–Crippen MR) is 127 cm³/mol. The van der Waals surface area contributed by atoms with E-state index in [1.807, 2.05) is 43.3 Å². The third-order valence-corrected chi connectivity index (χ3v) is 5.48. The van der Waals surface area contributed by atoms with Crippen LogP contribution in [0, 0.1) is 12.7 Å². The van der Waals surface area contributed by atoms with Gasteiger partial charge in [0.15, 0.2) is 0 Å². The molecule has 3 amide bonds. The van der Waals surface area contributed by atoms with Crippen molar-refractivity contribution < 1.29 is 14.0 Å². The number of pyridine rings is 1. The van der Waals surface area contributed by atoms with Crippen LogP contribution < -0.4 is 15.5 Å². The average Bonchev–Trinajstić information content (AvgIpc) is 3.06. The molecule has 1 saturated heterocycles.